The van der Waals surface area contributed by atoms with Gasteiger partial charge >= 0.3 is 0 Å². The molecule has 1 amide bonds. The number of amides is 1. The highest BCUT2D eigenvalue weighted by Gasteiger charge is 2.31. The lowest BCUT2D eigenvalue weighted by Crippen LogP contribution is -2.25. The average molecular weight is 281 g/mol. The Morgan fingerprint density at radius 1 is 1.53 bits per heavy atom. The molecule has 0 aromatic heterocycles. The molecule has 1 aromatic rings. The first kappa shape index (κ1) is 12.9. The number of nitrogens with one attached hydrogen (secondary N) is 1. The Bertz CT molecular complexity index is 526. The van der Waals surface area contributed by atoms with E-state index in [2.05, 4.69) is 5.32 Å². The number of ether oxygens (including phenoxy) is 1. The molecule has 0 radical (unpaired) electrons. The zero-order valence-corrected chi connectivity index (χ0v) is 11.5. The van der Waals surface area contributed by atoms with Gasteiger partial charge in [0, 0.05) is 6.61 Å². The fourth-order valence-corrected chi connectivity index (χ4v) is 3.07. The van der Waals surface area contributed by atoms with E-state index in [1.54, 1.807) is 0 Å². The number of benzene rings is 1. The number of halogens is 1. The maximum atomic E-state index is 11.7. The molecule has 4 nitrogen and oxygen atoms in total. The molecule has 102 valence electrons. The van der Waals surface area contributed by atoms with Crippen molar-refractivity contribution in [3.8, 4) is 0 Å². The second-order valence-electron chi connectivity index (χ2n) is 5.26. The van der Waals surface area contributed by atoms with Crippen LogP contribution in [0.4, 0.5) is 5.69 Å². The van der Waals surface area contributed by atoms with E-state index >= 15 is 0 Å². The standard InChI is InChI=1S/C14H17ClN2O2/c1-7-9-5-8(12(16)11-3-2-4-19-11)6-10(15)13(9)17-14(7)18/h5-7,11-12H,2-4,16H2,1H3,(H,17,18). The number of rotatable bonds is 2. The van der Waals surface area contributed by atoms with Crippen LogP contribution in [0.2, 0.25) is 5.02 Å². The highest BCUT2D eigenvalue weighted by molar-refractivity contribution is 6.34. The van der Waals surface area contributed by atoms with Gasteiger partial charge in [0.05, 0.1) is 28.8 Å². The van der Waals surface area contributed by atoms with E-state index in [-0.39, 0.29) is 24.0 Å². The van der Waals surface area contributed by atoms with Gasteiger partial charge < -0.3 is 15.8 Å². The molecule has 0 saturated carbocycles. The Labute approximate surface area is 117 Å². The Morgan fingerprint density at radius 3 is 3.00 bits per heavy atom. The Balaban J connectivity index is 1.96. The number of carbonyl (C=O) groups is 1. The SMILES string of the molecule is CC1C(=O)Nc2c(Cl)cc(C(N)C3CCCO3)cc21. The van der Waals surface area contributed by atoms with Crippen molar-refractivity contribution in [2.75, 3.05) is 11.9 Å². The Hall–Kier alpha value is -1.10. The van der Waals surface area contributed by atoms with Crippen molar-refractivity contribution < 1.29 is 9.53 Å². The van der Waals surface area contributed by atoms with Crippen LogP contribution in [0.15, 0.2) is 12.1 Å². The molecule has 2 aliphatic heterocycles. The lowest BCUT2D eigenvalue weighted by atomic mass is 9.94. The van der Waals surface area contributed by atoms with Gasteiger partial charge in [-0.05, 0) is 37.0 Å². The van der Waals surface area contributed by atoms with Gasteiger partial charge in [-0.1, -0.05) is 17.7 Å². The van der Waals surface area contributed by atoms with Crippen molar-refractivity contribution in [2.45, 2.75) is 37.8 Å². The van der Waals surface area contributed by atoms with Crippen molar-refractivity contribution in [1.82, 2.24) is 0 Å². The summed E-state index contributed by atoms with van der Waals surface area (Å²) in [5, 5.41) is 3.36. The van der Waals surface area contributed by atoms with E-state index in [4.69, 9.17) is 22.1 Å². The third-order valence-electron chi connectivity index (χ3n) is 4.00. The summed E-state index contributed by atoms with van der Waals surface area (Å²) >= 11 is 6.25. The number of fused-ring (bicyclic) bond motifs is 1. The van der Waals surface area contributed by atoms with Gasteiger partial charge in [-0.25, -0.2) is 0 Å². The van der Waals surface area contributed by atoms with Crippen molar-refractivity contribution in [1.29, 1.82) is 0 Å². The fraction of sp³-hybridized carbons (Fsp3) is 0.500. The van der Waals surface area contributed by atoms with Crippen LogP contribution < -0.4 is 11.1 Å². The molecule has 1 aromatic carbocycles. The van der Waals surface area contributed by atoms with Crippen LogP contribution >= 0.6 is 11.6 Å². The maximum absolute atomic E-state index is 11.7. The first-order chi connectivity index (χ1) is 9.08. The van der Waals surface area contributed by atoms with Gasteiger partial charge in [0.1, 0.15) is 0 Å². The van der Waals surface area contributed by atoms with Crippen LogP contribution in [0.25, 0.3) is 0 Å². The molecule has 3 unspecified atom stereocenters. The molecule has 2 aliphatic rings. The lowest BCUT2D eigenvalue weighted by Gasteiger charge is -2.20. The first-order valence-electron chi connectivity index (χ1n) is 6.59. The molecule has 5 heteroatoms. The quantitative estimate of drug-likeness (QED) is 0.875. The molecule has 3 atom stereocenters. The van der Waals surface area contributed by atoms with Crippen LogP contribution in [0, 0.1) is 0 Å². The molecule has 19 heavy (non-hydrogen) atoms. The number of hydrogen-bond donors (Lipinski definition) is 2. The Morgan fingerprint density at radius 2 is 2.32 bits per heavy atom. The van der Waals surface area contributed by atoms with Gasteiger partial charge in [-0.15, -0.1) is 0 Å². The van der Waals surface area contributed by atoms with Gasteiger partial charge in [0.25, 0.3) is 0 Å². The number of nitrogens with two attached hydrogens (primary N) is 1. The molecule has 0 aliphatic carbocycles. The number of anilines is 1. The topological polar surface area (TPSA) is 64.4 Å². The molecule has 1 saturated heterocycles. The van der Waals surface area contributed by atoms with E-state index in [1.165, 1.54) is 0 Å². The van der Waals surface area contributed by atoms with E-state index in [0.717, 1.165) is 36.3 Å². The summed E-state index contributed by atoms with van der Waals surface area (Å²) < 4.78 is 5.63. The van der Waals surface area contributed by atoms with Gasteiger partial charge in [0.15, 0.2) is 0 Å². The molecule has 0 bridgehead atoms. The fourth-order valence-electron chi connectivity index (χ4n) is 2.79. The molecule has 3 N–H and O–H groups in total. The Kier molecular flexibility index (Phi) is 3.25. The summed E-state index contributed by atoms with van der Waals surface area (Å²) in [5.74, 6) is -0.191. The van der Waals surface area contributed by atoms with Crippen LogP contribution in [-0.4, -0.2) is 18.6 Å². The monoisotopic (exact) mass is 280 g/mol. The van der Waals surface area contributed by atoms with E-state index in [1.807, 2.05) is 19.1 Å². The van der Waals surface area contributed by atoms with Crippen LogP contribution in [0.5, 0.6) is 0 Å². The highest BCUT2D eigenvalue weighted by Crippen LogP contribution is 2.40. The van der Waals surface area contributed by atoms with Crippen molar-refractivity contribution in [3.63, 3.8) is 0 Å². The average Bonchev–Trinajstić information content (AvgIpc) is 3.00. The summed E-state index contributed by atoms with van der Waals surface area (Å²) in [6.45, 7) is 2.65. The third kappa shape index (κ3) is 2.14. The van der Waals surface area contributed by atoms with Crippen molar-refractivity contribution >= 4 is 23.2 Å². The summed E-state index contributed by atoms with van der Waals surface area (Å²) in [7, 11) is 0. The van der Waals surface area contributed by atoms with E-state index in [0.29, 0.717) is 5.02 Å². The third-order valence-corrected chi connectivity index (χ3v) is 4.30. The maximum Gasteiger partial charge on any atom is 0.231 e. The summed E-state index contributed by atoms with van der Waals surface area (Å²) in [6, 6.07) is 3.63. The largest absolute Gasteiger partial charge is 0.376 e. The smallest absolute Gasteiger partial charge is 0.231 e. The van der Waals surface area contributed by atoms with Crippen LogP contribution in [0.1, 0.15) is 42.9 Å². The minimum Gasteiger partial charge on any atom is -0.376 e. The van der Waals surface area contributed by atoms with Crippen LogP contribution in [-0.2, 0) is 9.53 Å². The molecular formula is C14H17ClN2O2. The van der Waals surface area contributed by atoms with Gasteiger partial charge in [0.2, 0.25) is 5.91 Å². The van der Waals surface area contributed by atoms with E-state index < -0.39 is 0 Å². The summed E-state index contributed by atoms with van der Waals surface area (Å²) in [4.78, 5) is 11.7. The number of carbonyl (C=O) groups excluding carboxylic acids is 1. The second kappa shape index (κ2) is 4.78. The first-order valence-corrected chi connectivity index (χ1v) is 6.97. The number of hydrogen-bond acceptors (Lipinski definition) is 3. The predicted molar refractivity (Wildman–Crippen MR) is 74.4 cm³/mol. The summed E-state index contributed by atoms with van der Waals surface area (Å²) in [6.07, 6.45) is 2.07. The highest BCUT2D eigenvalue weighted by atomic mass is 35.5. The molecular weight excluding hydrogens is 264 g/mol. The van der Waals surface area contributed by atoms with Crippen molar-refractivity contribution in [2.24, 2.45) is 5.73 Å². The van der Waals surface area contributed by atoms with Gasteiger partial charge in [-0.2, -0.15) is 0 Å². The molecule has 3 rings (SSSR count). The van der Waals surface area contributed by atoms with Crippen molar-refractivity contribution in [3.05, 3.63) is 28.3 Å². The lowest BCUT2D eigenvalue weighted by molar-refractivity contribution is -0.116. The zero-order valence-electron chi connectivity index (χ0n) is 10.8. The normalized spacial score (nSPS) is 27.2. The molecule has 1 fully saturated rings. The molecule has 0 spiro atoms. The van der Waals surface area contributed by atoms with Gasteiger partial charge in [-0.3, -0.25) is 4.79 Å². The predicted octanol–water partition coefficient (Wildman–Crippen LogP) is 2.57. The minimum absolute atomic E-state index is 0.0141. The second-order valence-corrected chi connectivity index (χ2v) is 5.66. The molecule has 2 heterocycles. The zero-order chi connectivity index (χ0) is 13.6. The summed E-state index contributed by atoms with van der Waals surface area (Å²) in [5.41, 5.74) is 8.85. The minimum atomic E-state index is -0.187. The van der Waals surface area contributed by atoms with Crippen LogP contribution in [0.3, 0.4) is 0 Å². The van der Waals surface area contributed by atoms with E-state index in [9.17, 15) is 4.79 Å².